The number of amides is 3. The first-order valence-corrected chi connectivity index (χ1v) is 11.8. The predicted octanol–water partition coefficient (Wildman–Crippen LogP) is 2.55. The number of ether oxygens (including phenoxy) is 1. The quantitative estimate of drug-likeness (QED) is 0.732. The first-order chi connectivity index (χ1) is 16.1. The highest BCUT2D eigenvalue weighted by molar-refractivity contribution is 6.12. The number of rotatable bonds is 1. The molecule has 1 spiro atoms. The number of fused-ring (bicyclic) bond motifs is 6. The number of para-hydroxylation sites is 1. The van der Waals surface area contributed by atoms with Gasteiger partial charge in [-0.15, -0.1) is 0 Å². The Morgan fingerprint density at radius 3 is 2.79 bits per heavy atom. The minimum Gasteiger partial charge on any atom is -0.494 e. The van der Waals surface area contributed by atoms with Crippen LogP contribution in [0.5, 0.6) is 5.75 Å². The maximum Gasteiger partial charge on any atom is 0.240 e. The second-order valence-electron chi connectivity index (χ2n) is 9.46. The molecule has 3 aliphatic heterocycles. The van der Waals surface area contributed by atoms with Crippen LogP contribution < -0.4 is 15.0 Å². The third kappa shape index (κ3) is 3.13. The molecule has 2 aromatic rings. The maximum atomic E-state index is 14.2. The fraction of sp³-hybridized carbons (Fsp3) is 0.423. The molecule has 2 fully saturated rings. The van der Waals surface area contributed by atoms with E-state index in [1.54, 1.807) is 4.90 Å². The van der Waals surface area contributed by atoms with E-state index in [9.17, 15) is 14.4 Å². The Hall–Kier alpha value is -3.35. The summed E-state index contributed by atoms with van der Waals surface area (Å²) < 4.78 is 5.95. The molecule has 1 aliphatic carbocycles. The summed E-state index contributed by atoms with van der Waals surface area (Å²) in [5.41, 5.74) is 1.67. The van der Waals surface area contributed by atoms with Gasteiger partial charge in [0.05, 0.1) is 12.6 Å². The standard InChI is InChI=1S/C26H27N3O4/c30-22-16-29-21-8-2-1-7-20(21)26(25(29)32)11-13-28(24(31)17-9-10-17)23(26)18-5-3-6-19(15-18)33-14-4-12-27-22/h1-3,5-8,15,17,23H,4,9-14,16H2,(H,27,30)/t23-,26+/m0/s1. The minimum atomic E-state index is -0.913. The molecule has 4 bridgehead atoms. The van der Waals surface area contributed by atoms with Gasteiger partial charge in [0.15, 0.2) is 0 Å². The van der Waals surface area contributed by atoms with E-state index in [1.807, 2.05) is 53.4 Å². The van der Waals surface area contributed by atoms with E-state index in [-0.39, 0.29) is 30.2 Å². The van der Waals surface area contributed by atoms with Crippen molar-refractivity contribution >= 4 is 23.4 Å². The van der Waals surface area contributed by atoms with Crippen LogP contribution in [0.15, 0.2) is 48.5 Å². The van der Waals surface area contributed by atoms with Gasteiger partial charge in [-0.2, -0.15) is 0 Å². The van der Waals surface area contributed by atoms with Gasteiger partial charge in [0.25, 0.3) is 0 Å². The molecule has 3 heterocycles. The number of nitrogens with zero attached hydrogens (tertiary/aromatic N) is 2. The molecule has 2 aromatic carbocycles. The van der Waals surface area contributed by atoms with Crippen LogP contribution in [0.3, 0.4) is 0 Å². The lowest BCUT2D eigenvalue weighted by Gasteiger charge is -2.35. The van der Waals surface area contributed by atoms with Crippen molar-refractivity contribution in [3.05, 3.63) is 59.7 Å². The lowest BCUT2D eigenvalue weighted by molar-refractivity contribution is -0.135. The molecule has 0 aromatic heterocycles. The van der Waals surface area contributed by atoms with Crippen LogP contribution >= 0.6 is 0 Å². The van der Waals surface area contributed by atoms with Crippen molar-refractivity contribution < 1.29 is 19.1 Å². The van der Waals surface area contributed by atoms with Crippen LogP contribution in [0.25, 0.3) is 0 Å². The van der Waals surface area contributed by atoms with Gasteiger partial charge in [-0.1, -0.05) is 30.3 Å². The molecule has 33 heavy (non-hydrogen) atoms. The SMILES string of the molecule is O=C1CN2C(=O)[C@]3(CCN(C(=O)C4CC4)[C@H]3c3cccc(c3)OCCCN1)c1ccccc12. The van der Waals surface area contributed by atoms with E-state index in [4.69, 9.17) is 4.74 Å². The summed E-state index contributed by atoms with van der Waals surface area (Å²) >= 11 is 0. The fourth-order valence-electron chi connectivity index (χ4n) is 5.77. The van der Waals surface area contributed by atoms with E-state index in [2.05, 4.69) is 5.32 Å². The third-order valence-corrected chi connectivity index (χ3v) is 7.42. The molecule has 2 atom stereocenters. The number of hydrogen-bond donors (Lipinski definition) is 1. The Balaban J connectivity index is 1.55. The Morgan fingerprint density at radius 1 is 1.09 bits per heavy atom. The summed E-state index contributed by atoms with van der Waals surface area (Å²) in [6.45, 7) is 1.46. The highest BCUT2D eigenvalue weighted by atomic mass is 16.5. The predicted molar refractivity (Wildman–Crippen MR) is 122 cm³/mol. The summed E-state index contributed by atoms with van der Waals surface area (Å²) in [6, 6.07) is 15.1. The smallest absolute Gasteiger partial charge is 0.240 e. The molecule has 1 saturated carbocycles. The van der Waals surface area contributed by atoms with Crippen LogP contribution in [0.4, 0.5) is 5.69 Å². The second-order valence-corrected chi connectivity index (χ2v) is 9.46. The molecule has 3 amide bonds. The summed E-state index contributed by atoms with van der Waals surface area (Å²) in [4.78, 5) is 43.8. The van der Waals surface area contributed by atoms with Gasteiger partial charge in [0.1, 0.15) is 17.7 Å². The van der Waals surface area contributed by atoms with Crippen molar-refractivity contribution in [1.29, 1.82) is 0 Å². The summed E-state index contributed by atoms with van der Waals surface area (Å²) in [5, 5.41) is 2.91. The van der Waals surface area contributed by atoms with E-state index < -0.39 is 11.5 Å². The van der Waals surface area contributed by atoms with Crippen molar-refractivity contribution in [3.8, 4) is 5.75 Å². The Morgan fingerprint density at radius 2 is 1.94 bits per heavy atom. The Labute approximate surface area is 192 Å². The number of carbonyl (C=O) groups excluding carboxylic acids is 3. The first-order valence-electron chi connectivity index (χ1n) is 11.8. The largest absolute Gasteiger partial charge is 0.494 e. The molecule has 7 nitrogen and oxygen atoms in total. The third-order valence-electron chi connectivity index (χ3n) is 7.42. The number of likely N-dealkylation sites (tertiary alicyclic amines) is 1. The first kappa shape index (κ1) is 20.3. The van der Waals surface area contributed by atoms with Gasteiger partial charge in [0.2, 0.25) is 17.7 Å². The van der Waals surface area contributed by atoms with Gasteiger partial charge in [-0.25, -0.2) is 0 Å². The number of carbonyl (C=O) groups is 3. The summed E-state index contributed by atoms with van der Waals surface area (Å²) in [7, 11) is 0. The van der Waals surface area contributed by atoms with Crippen LogP contribution in [0.1, 0.15) is 42.9 Å². The van der Waals surface area contributed by atoms with Crippen molar-refractivity contribution in [2.24, 2.45) is 5.92 Å². The Bertz CT molecular complexity index is 1140. The normalized spacial score (nSPS) is 26.7. The highest BCUT2D eigenvalue weighted by Crippen LogP contribution is 2.57. The Kier molecular flexibility index (Phi) is 4.67. The van der Waals surface area contributed by atoms with E-state index in [0.717, 1.165) is 29.7 Å². The molecule has 0 radical (unpaired) electrons. The average molecular weight is 446 g/mol. The van der Waals surface area contributed by atoms with Gasteiger partial charge in [0, 0.05) is 24.7 Å². The zero-order valence-electron chi connectivity index (χ0n) is 18.5. The van der Waals surface area contributed by atoms with Crippen LogP contribution in [0.2, 0.25) is 0 Å². The number of hydrogen-bond acceptors (Lipinski definition) is 4. The number of benzene rings is 2. The number of nitrogens with one attached hydrogen (secondary N) is 1. The molecule has 170 valence electrons. The lowest BCUT2D eigenvalue weighted by Crippen LogP contribution is -2.48. The van der Waals surface area contributed by atoms with E-state index in [1.165, 1.54) is 0 Å². The molecule has 6 rings (SSSR count). The van der Waals surface area contributed by atoms with Gasteiger partial charge < -0.3 is 19.9 Å². The average Bonchev–Trinajstić information content (AvgIpc) is 3.56. The van der Waals surface area contributed by atoms with Crippen molar-refractivity contribution in [3.63, 3.8) is 0 Å². The van der Waals surface area contributed by atoms with Gasteiger partial charge >= 0.3 is 0 Å². The molecule has 7 heteroatoms. The van der Waals surface area contributed by atoms with Crippen LogP contribution in [-0.4, -0.2) is 48.9 Å². The second kappa shape index (κ2) is 7.61. The summed E-state index contributed by atoms with van der Waals surface area (Å²) in [5.74, 6) is 0.615. The van der Waals surface area contributed by atoms with Gasteiger partial charge in [-0.05, 0) is 55.0 Å². The summed E-state index contributed by atoms with van der Waals surface area (Å²) in [6.07, 6.45) is 3.03. The van der Waals surface area contributed by atoms with Crippen molar-refractivity contribution in [2.75, 3.05) is 31.1 Å². The topological polar surface area (TPSA) is 79.0 Å². The fourth-order valence-corrected chi connectivity index (χ4v) is 5.77. The molecule has 1 N–H and O–H groups in total. The monoisotopic (exact) mass is 445 g/mol. The molecule has 1 saturated heterocycles. The molecular weight excluding hydrogens is 418 g/mol. The van der Waals surface area contributed by atoms with Crippen LogP contribution in [0, 0.1) is 5.92 Å². The maximum absolute atomic E-state index is 14.2. The van der Waals surface area contributed by atoms with Gasteiger partial charge in [-0.3, -0.25) is 14.4 Å². The molecular formula is C26H27N3O4. The van der Waals surface area contributed by atoms with E-state index in [0.29, 0.717) is 38.3 Å². The molecule has 0 unspecified atom stereocenters. The van der Waals surface area contributed by atoms with Crippen molar-refractivity contribution in [1.82, 2.24) is 10.2 Å². The zero-order chi connectivity index (χ0) is 22.6. The zero-order valence-corrected chi connectivity index (χ0v) is 18.5. The van der Waals surface area contributed by atoms with E-state index >= 15 is 0 Å². The highest BCUT2D eigenvalue weighted by Gasteiger charge is 2.62. The van der Waals surface area contributed by atoms with Crippen molar-refractivity contribution in [2.45, 2.75) is 37.1 Å². The van der Waals surface area contributed by atoms with Crippen LogP contribution in [-0.2, 0) is 19.8 Å². The lowest BCUT2D eigenvalue weighted by atomic mass is 9.72. The number of anilines is 1. The minimum absolute atomic E-state index is 0.0260. The molecule has 4 aliphatic rings.